The van der Waals surface area contributed by atoms with Crippen molar-refractivity contribution in [3.8, 4) is 0 Å². The minimum absolute atomic E-state index is 0.456. The van der Waals surface area contributed by atoms with Gasteiger partial charge >= 0.3 is 0 Å². The van der Waals surface area contributed by atoms with Crippen LogP contribution >= 0.6 is 0 Å². The molecule has 1 heterocycles. The van der Waals surface area contributed by atoms with Gasteiger partial charge in [-0.05, 0) is 38.4 Å². The van der Waals surface area contributed by atoms with Gasteiger partial charge in [0.25, 0.3) is 0 Å². The van der Waals surface area contributed by atoms with E-state index in [0.717, 1.165) is 30.8 Å². The normalized spacial score (nSPS) is 17.8. The molecule has 0 N–H and O–H groups in total. The van der Waals surface area contributed by atoms with E-state index in [2.05, 4.69) is 11.8 Å². The van der Waals surface area contributed by atoms with Crippen molar-refractivity contribution in [1.82, 2.24) is 9.21 Å². The first-order chi connectivity index (χ1) is 10.4. The lowest BCUT2D eigenvalue weighted by Gasteiger charge is -2.34. The predicted molar refractivity (Wildman–Crippen MR) is 90.6 cm³/mol. The summed E-state index contributed by atoms with van der Waals surface area (Å²) in [4.78, 5) is 2.83. The molecule has 0 unspecified atom stereocenters. The quantitative estimate of drug-likeness (QED) is 0.756. The first-order valence-corrected chi connectivity index (χ1v) is 9.69. The molecule has 0 aliphatic carbocycles. The Hall–Kier alpha value is -0.910. The van der Waals surface area contributed by atoms with E-state index in [1.54, 1.807) is 10.4 Å². The molecule has 1 fully saturated rings. The van der Waals surface area contributed by atoms with Crippen LogP contribution in [0, 0.1) is 13.8 Å². The molecular formula is C17H28N2O2S. The molecule has 5 heteroatoms. The zero-order valence-corrected chi connectivity index (χ0v) is 14.8. The van der Waals surface area contributed by atoms with E-state index in [4.69, 9.17) is 0 Å². The summed E-state index contributed by atoms with van der Waals surface area (Å²) in [5, 5.41) is 0. The van der Waals surface area contributed by atoms with Crippen molar-refractivity contribution >= 4 is 10.0 Å². The van der Waals surface area contributed by atoms with Crippen molar-refractivity contribution < 1.29 is 8.42 Å². The van der Waals surface area contributed by atoms with Gasteiger partial charge in [-0.25, -0.2) is 8.42 Å². The summed E-state index contributed by atoms with van der Waals surface area (Å²) in [6, 6.07) is 5.56. The fraction of sp³-hybridized carbons (Fsp3) is 0.647. The Morgan fingerprint density at radius 3 is 2.32 bits per heavy atom. The molecule has 4 nitrogen and oxygen atoms in total. The number of hydrogen-bond acceptors (Lipinski definition) is 3. The largest absolute Gasteiger partial charge is 0.301 e. The highest BCUT2D eigenvalue weighted by atomic mass is 32.2. The van der Waals surface area contributed by atoms with Crippen molar-refractivity contribution in [2.24, 2.45) is 0 Å². The molecule has 1 aliphatic rings. The molecule has 1 aromatic carbocycles. The highest BCUT2D eigenvalue weighted by Gasteiger charge is 2.29. The molecule has 2 rings (SSSR count). The summed E-state index contributed by atoms with van der Waals surface area (Å²) in [7, 11) is -3.35. The molecule has 0 atom stereocenters. The maximum absolute atomic E-state index is 12.8. The number of sulfonamides is 1. The van der Waals surface area contributed by atoms with E-state index in [1.807, 2.05) is 26.0 Å². The van der Waals surface area contributed by atoms with Gasteiger partial charge in [0.05, 0.1) is 4.90 Å². The summed E-state index contributed by atoms with van der Waals surface area (Å²) < 4.78 is 27.2. The minimum atomic E-state index is -3.35. The molecular weight excluding hydrogens is 296 g/mol. The second-order valence-corrected chi connectivity index (χ2v) is 8.13. The van der Waals surface area contributed by atoms with Crippen LogP contribution in [0.5, 0.6) is 0 Å². The monoisotopic (exact) mass is 324 g/mol. The molecule has 1 aliphatic heterocycles. The average Bonchev–Trinajstić information content (AvgIpc) is 2.47. The van der Waals surface area contributed by atoms with Gasteiger partial charge in [0, 0.05) is 26.2 Å². The molecule has 1 saturated heterocycles. The van der Waals surface area contributed by atoms with Crippen LogP contribution in [-0.4, -0.2) is 50.3 Å². The van der Waals surface area contributed by atoms with E-state index in [0.29, 0.717) is 18.0 Å². The van der Waals surface area contributed by atoms with Crippen LogP contribution in [-0.2, 0) is 10.0 Å². The second kappa shape index (κ2) is 7.57. The highest BCUT2D eigenvalue weighted by molar-refractivity contribution is 7.89. The number of unbranched alkanes of at least 4 members (excludes halogenated alkanes) is 2. The Morgan fingerprint density at radius 1 is 1.05 bits per heavy atom. The number of aryl methyl sites for hydroxylation is 2. The van der Waals surface area contributed by atoms with Crippen LogP contribution in [0.15, 0.2) is 23.1 Å². The smallest absolute Gasteiger partial charge is 0.243 e. The third-order valence-corrected chi connectivity index (χ3v) is 6.42. The van der Waals surface area contributed by atoms with Crippen molar-refractivity contribution in [2.75, 3.05) is 32.7 Å². The van der Waals surface area contributed by atoms with Gasteiger partial charge in [-0.3, -0.25) is 0 Å². The first-order valence-electron chi connectivity index (χ1n) is 8.25. The lowest BCUT2D eigenvalue weighted by Crippen LogP contribution is -2.48. The average molecular weight is 324 g/mol. The van der Waals surface area contributed by atoms with Crippen LogP contribution in [0.2, 0.25) is 0 Å². The summed E-state index contributed by atoms with van der Waals surface area (Å²) in [5.74, 6) is 0. The maximum Gasteiger partial charge on any atom is 0.243 e. The Bertz CT molecular complexity index is 591. The second-order valence-electron chi connectivity index (χ2n) is 6.22. The van der Waals surface area contributed by atoms with Crippen LogP contribution in [0.4, 0.5) is 0 Å². The molecule has 0 aromatic heterocycles. The van der Waals surface area contributed by atoms with Gasteiger partial charge < -0.3 is 4.90 Å². The van der Waals surface area contributed by atoms with Crippen LogP contribution < -0.4 is 0 Å². The Balaban J connectivity index is 2.00. The molecule has 22 heavy (non-hydrogen) atoms. The van der Waals surface area contributed by atoms with E-state index < -0.39 is 10.0 Å². The summed E-state index contributed by atoms with van der Waals surface area (Å²) >= 11 is 0. The number of benzene rings is 1. The molecule has 0 saturated carbocycles. The summed E-state index contributed by atoms with van der Waals surface area (Å²) in [6.45, 7) is 10.0. The van der Waals surface area contributed by atoms with Gasteiger partial charge in [-0.2, -0.15) is 4.31 Å². The van der Waals surface area contributed by atoms with Crippen molar-refractivity contribution in [3.05, 3.63) is 29.3 Å². The van der Waals surface area contributed by atoms with E-state index in [1.165, 1.54) is 19.3 Å². The summed E-state index contributed by atoms with van der Waals surface area (Å²) in [5.41, 5.74) is 1.93. The number of rotatable bonds is 6. The van der Waals surface area contributed by atoms with E-state index in [9.17, 15) is 8.42 Å². The third-order valence-electron chi connectivity index (χ3n) is 4.36. The Kier molecular flexibility index (Phi) is 6.01. The number of hydrogen-bond donors (Lipinski definition) is 0. The van der Waals surface area contributed by atoms with Gasteiger partial charge in [0.15, 0.2) is 0 Å². The van der Waals surface area contributed by atoms with Crippen molar-refractivity contribution in [3.63, 3.8) is 0 Å². The number of piperazine rings is 1. The van der Waals surface area contributed by atoms with Crippen LogP contribution in [0.25, 0.3) is 0 Å². The predicted octanol–water partition coefficient (Wildman–Crippen LogP) is 2.80. The van der Waals surface area contributed by atoms with Gasteiger partial charge in [-0.1, -0.05) is 37.5 Å². The van der Waals surface area contributed by atoms with Crippen molar-refractivity contribution in [2.45, 2.75) is 44.9 Å². The first kappa shape index (κ1) is 17.4. The topological polar surface area (TPSA) is 40.6 Å². The zero-order chi connectivity index (χ0) is 16.2. The molecule has 0 radical (unpaired) electrons. The molecule has 124 valence electrons. The highest BCUT2D eigenvalue weighted by Crippen LogP contribution is 2.22. The van der Waals surface area contributed by atoms with Gasteiger partial charge in [0.1, 0.15) is 0 Å². The number of nitrogens with zero attached hydrogens (tertiary/aromatic N) is 2. The van der Waals surface area contributed by atoms with E-state index >= 15 is 0 Å². The fourth-order valence-corrected chi connectivity index (χ4v) is 4.63. The summed E-state index contributed by atoms with van der Waals surface area (Å²) in [6.07, 6.45) is 3.68. The van der Waals surface area contributed by atoms with Crippen molar-refractivity contribution in [1.29, 1.82) is 0 Å². The SMILES string of the molecule is CCCCCN1CCN(S(=O)(=O)c2ccc(C)cc2C)CC1. The third kappa shape index (κ3) is 4.09. The lowest BCUT2D eigenvalue weighted by atomic mass is 10.2. The molecule has 0 bridgehead atoms. The lowest BCUT2D eigenvalue weighted by molar-refractivity contribution is 0.185. The minimum Gasteiger partial charge on any atom is -0.301 e. The van der Waals surface area contributed by atoms with Crippen LogP contribution in [0.3, 0.4) is 0 Å². The molecule has 0 spiro atoms. The fourth-order valence-electron chi connectivity index (χ4n) is 3.01. The molecule has 0 amide bonds. The van der Waals surface area contributed by atoms with E-state index in [-0.39, 0.29) is 0 Å². The standard InChI is InChI=1S/C17H28N2O2S/c1-4-5-6-9-18-10-12-19(13-11-18)22(20,21)17-8-7-15(2)14-16(17)3/h7-8,14H,4-6,9-13H2,1-3H3. The van der Waals surface area contributed by atoms with Crippen LogP contribution in [0.1, 0.15) is 37.3 Å². The zero-order valence-electron chi connectivity index (χ0n) is 14.0. The molecule has 1 aromatic rings. The van der Waals surface area contributed by atoms with Gasteiger partial charge in [-0.15, -0.1) is 0 Å². The Labute approximate surface area is 135 Å². The Morgan fingerprint density at radius 2 is 1.73 bits per heavy atom. The maximum atomic E-state index is 12.8. The van der Waals surface area contributed by atoms with Gasteiger partial charge in [0.2, 0.25) is 10.0 Å².